The average molecular weight is 164 g/mol. The molecule has 0 aromatic carbocycles. The van der Waals surface area contributed by atoms with Gasteiger partial charge in [0.05, 0.1) is 11.7 Å². The minimum atomic E-state index is -0.547. The van der Waals surface area contributed by atoms with Crippen molar-refractivity contribution in [2.45, 2.75) is 0 Å². The highest BCUT2D eigenvalue weighted by atomic mass is 19.1. The van der Waals surface area contributed by atoms with Crippen LogP contribution in [-0.4, -0.2) is 9.97 Å². The van der Waals surface area contributed by atoms with Gasteiger partial charge in [0, 0.05) is 17.5 Å². The Balaban J connectivity index is 2.87. The monoisotopic (exact) mass is 164 g/mol. The summed E-state index contributed by atoms with van der Waals surface area (Å²) in [5.74, 6) is -0.547. The first kappa shape index (κ1) is 6.97. The van der Waals surface area contributed by atoms with Gasteiger partial charge in [0.15, 0.2) is 0 Å². The predicted octanol–water partition coefficient (Wildman–Crippen LogP) is 1.06. The molecule has 0 unspecified atom stereocenters. The van der Waals surface area contributed by atoms with Crippen LogP contribution >= 0.6 is 0 Å². The SMILES string of the molecule is O=c1ccc2cc(F)ncc2[nH]1. The van der Waals surface area contributed by atoms with Crippen molar-refractivity contribution in [1.29, 1.82) is 0 Å². The lowest BCUT2D eigenvalue weighted by molar-refractivity contribution is 0.586. The molecule has 2 rings (SSSR count). The molecule has 0 aliphatic heterocycles. The fourth-order valence-corrected chi connectivity index (χ4v) is 1.03. The molecule has 0 radical (unpaired) electrons. The summed E-state index contributed by atoms with van der Waals surface area (Å²) in [7, 11) is 0. The van der Waals surface area contributed by atoms with E-state index in [9.17, 15) is 9.18 Å². The lowest BCUT2D eigenvalue weighted by Crippen LogP contribution is -2.02. The molecule has 0 spiro atoms. The summed E-state index contributed by atoms with van der Waals surface area (Å²) >= 11 is 0. The molecule has 0 bridgehead atoms. The fourth-order valence-electron chi connectivity index (χ4n) is 1.03. The van der Waals surface area contributed by atoms with Gasteiger partial charge in [-0.3, -0.25) is 4.79 Å². The zero-order valence-corrected chi connectivity index (χ0v) is 6.04. The predicted molar refractivity (Wildman–Crippen MR) is 42.3 cm³/mol. The number of halogens is 1. The molecule has 4 heteroatoms. The molecule has 2 aromatic rings. The first-order valence-electron chi connectivity index (χ1n) is 3.40. The Bertz CT molecular complexity index is 478. The van der Waals surface area contributed by atoms with Crippen molar-refractivity contribution in [2.24, 2.45) is 0 Å². The van der Waals surface area contributed by atoms with Gasteiger partial charge < -0.3 is 4.98 Å². The van der Waals surface area contributed by atoms with Crippen LogP contribution in [0.2, 0.25) is 0 Å². The van der Waals surface area contributed by atoms with E-state index in [1.807, 2.05) is 0 Å². The van der Waals surface area contributed by atoms with Crippen LogP contribution in [0.4, 0.5) is 4.39 Å². The molecule has 60 valence electrons. The number of aromatic nitrogens is 2. The summed E-state index contributed by atoms with van der Waals surface area (Å²) in [6.45, 7) is 0. The minimum Gasteiger partial charge on any atom is -0.321 e. The van der Waals surface area contributed by atoms with Gasteiger partial charge in [-0.25, -0.2) is 4.98 Å². The number of fused-ring (bicyclic) bond motifs is 1. The molecule has 3 nitrogen and oxygen atoms in total. The maximum Gasteiger partial charge on any atom is 0.248 e. The van der Waals surface area contributed by atoms with Crippen LogP contribution in [-0.2, 0) is 0 Å². The molecule has 1 N–H and O–H groups in total. The number of nitrogens with one attached hydrogen (secondary N) is 1. The first-order valence-corrected chi connectivity index (χ1v) is 3.40. The van der Waals surface area contributed by atoms with E-state index < -0.39 is 5.95 Å². The molecule has 2 heterocycles. The van der Waals surface area contributed by atoms with E-state index in [0.29, 0.717) is 10.9 Å². The number of aromatic amines is 1. The van der Waals surface area contributed by atoms with Crippen molar-refractivity contribution in [3.63, 3.8) is 0 Å². The summed E-state index contributed by atoms with van der Waals surface area (Å²) in [5, 5.41) is 0.641. The minimum absolute atomic E-state index is 0.212. The Hall–Kier alpha value is -1.71. The van der Waals surface area contributed by atoms with Crippen LogP contribution in [0.1, 0.15) is 0 Å². The van der Waals surface area contributed by atoms with Crippen molar-refractivity contribution in [3.8, 4) is 0 Å². The van der Waals surface area contributed by atoms with Crippen molar-refractivity contribution < 1.29 is 4.39 Å². The number of hydrogen-bond acceptors (Lipinski definition) is 2. The van der Waals surface area contributed by atoms with E-state index in [1.165, 1.54) is 18.3 Å². The Morgan fingerprint density at radius 3 is 3.08 bits per heavy atom. The first-order chi connectivity index (χ1) is 5.75. The highest BCUT2D eigenvalue weighted by Gasteiger charge is 1.96. The van der Waals surface area contributed by atoms with E-state index >= 15 is 0 Å². The third-order valence-corrected chi connectivity index (χ3v) is 1.57. The van der Waals surface area contributed by atoms with Crippen molar-refractivity contribution in [3.05, 3.63) is 40.7 Å². The lowest BCUT2D eigenvalue weighted by atomic mass is 10.3. The second kappa shape index (κ2) is 2.41. The van der Waals surface area contributed by atoms with E-state index in [-0.39, 0.29) is 5.56 Å². The molecular weight excluding hydrogens is 159 g/mol. The zero-order valence-electron chi connectivity index (χ0n) is 6.04. The second-order valence-electron chi connectivity index (χ2n) is 2.42. The Kier molecular flexibility index (Phi) is 1.40. The number of rotatable bonds is 0. The number of hydrogen-bond donors (Lipinski definition) is 1. The van der Waals surface area contributed by atoms with Crippen molar-refractivity contribution in [1.82, 2.24) is 9.97 Å². The molecule has 0 saturated heterocycles. The van der Waals surface area contributed by atoms with Crippen molar-refractivity contribution in [2.75, 3.05) is 0 Å². The fraction of sp³-hybridized carbons (Fsp3) is 0. The van der Waals surface area contributed by atoms with Crippen molar-refractivity contribution >= 4 is 10.9 Å². The molecule has 2 aromatic heterocycles. The van der Waals surface area contributed by atoms with Gasteiger partial charge in [0.2, 0.25) is 11.5 Å². The van der Waals surface area contributed by atoms with E-state index in [2.05, 4.69) is 9.97 Å². The van der Waals surface area contributed by atoms with E-state index in [0.717, 1.165) is 0 Å². The maximum atomic E-state index is 12.5. The van der Waals surface area contributed by atoms with Crippen LogP contribution in [0, 0.1) is 5.95 Å². The van der Waals surface area contributed by atoms with Gasteiger partial charge in [-0.2, -0.15) is 4.39 Å². The zero-order chi connectivity index (χ0) is 8.55. The van der Waals surface area contributed by atoms with Crippen LogP contribution < -0.4 is 5.56 Å². The third kappa shape index (κ3) is 1.07. The summed E-state index contributed by atoms with van der Waals surface area (Å²) in [4.78, 5) is 16.7. The van der Waals surface area contributed by atoms with Gasteiger partial charge in [-0.05, 0) is 6.07 Å². The molecule has 0 amide bonds. The standard InChI is InChI=1S/C8H5FN2O/c9-7-3-5-1-2-8(12)11-6(5)4-10-7/h1-4H,(H,11,12). The quantitative estimate of drug-likeness (QED) is 0.592. The third-order valence-electron chi connectivity index (χ3n) is 1.57. The van der Waals surface area contributed by atoms with Crippen LogP contribution in [0.15, 0.2) is 29.2 Å². The number of nitrogens with zero attached hydrogens (tertiary/aromatic N) is 1. The van der Waals surface area contributed by atoms with Gasteiger partial charge >= 0.3 is 0 Å². The highest BCUT2D eigenvalue weighted by Crippen LogP contribution is 2.07. The smallest absolute Gasteiger partial charge is 0.248 e. The van der Waals surface area contributed by atoms with Crippen LogP contribution in [0.3, 0.4) is 0 Å². The summed E-state index contributed by atoms with van der Waals surface area (Å²) < 4.78 is 12.5. The molecule has 0 aliphatic rings. The molecule has 0 atom stereocenters. The Morgan fingerprint density at radius 1 is 1.42 bits per heavy atom. The normalized spacial score (nSPS) is 10.4. The summed E-state index contributed by atoms with van der Waals surface area (Å²) in [5.41, 5.74) is 0.333. The second-order valence-corrected chi connectivity index (χ2v) is 2.42. The molecule has 0 fully saturated rings. The van der Waals surface area contributed by atoms with Crippen LogP contribution in [0.5, 0.6) is 0 Å². The lowest BCUT2D eigenvalue weighted by Gasteiger charge is -1.94. The average Bonchev–Trinajstić information content (AvgIpc) is 2.05. The number of H-pyrrole nitrogens is 1. The van der Waals surface area contributed by atoms with Gasteiger partial charge in [-0.1, -0.05) is 0 Å². The van der Waals surface area contributed by atoms with Gasteiger partial charge in [-0.15, -0.1) is 0 Å². The Labute approximate surface area is 66.9 Å². The molecular formula is C8H5FN2O. The van der Waals surface area contributed by atoms with Gasteiger partial charge in [0.1, 0.15) is 0 Å². The molecule has 0 aliphatic carbocycles. The van der Waals surface area contributed by atoms with Gasteiger partial charge in [0.25, 0.3) is 0 Å². The largest absolute Gasteiger partial charge is 0.321 e. The summed E-state index contributed by atoms with van der Waals surface area (Å²) in [6, 6.07) is 4.17. The maximum absolute atomic E-state index is 12.5. The number of pyridine rings is 2. The Morgan fingerprint density at radius 2 is 2.25 bits per heavy atom. The molecule has 0 saturated carbocycles. The topological polar surface area (TPSA) is 45.8 Å². The van der Waals surface area contributed by atoms with E-state index in [1.54, 1.807) is 6.07 Å². The molecule has 12 heavy (non-hydrogen) atoms. The highest BCUT2D eigenvalue weighted by molar-refractivity contribution is 5.76. The van der Waals surface area contributed by atoms with E-state index in [4.69, 9.17) is 0 Å². The summed E-state index contributed by atoms with van der Waals surface area (Å²) in [6.07, 6.45) is 1.30. The van der Waals surface area contributed by atoms with Crippen LogP contribution in [0.25, 0.3) is 10.9 Å².